The van der Waals surface area contributed by atoms with Gasteiger partial charge in [0.25, 0.3) is 0 Å². The lowest BCUT2D eigenvalue weighted by Gasteiger charge is -2.07. The molecule has 42 heavy (non-hydrogen) atoms. The van der Waals surface area contributed by atoms with E-state index in [1.54, 1.807) is 36.4 Å². The molecule has 0 spiro atoms. The number of methoxy groups -OCH3 is 2. The van der Waals surface area contributed by atoms with Gasteiger partial charge in [-0.1, -0.05) is 12.1 Å². The monoisotopic (exact) mass is 608 g/mol. The van der Waals surface area contributed by atoms with Crippen molar-refractivity contribution in [1.82, 2.24) is 0 Å². The summed E-state index contributed by atoms with van der Waals surface area (Å²) in [6.45, 7) is 0.582. The molecule has 0 saturated heterocycles. The maximum Gasteiger partial charge on any atom is 0.491 e. The normalized spacial score (nSPS) is 14.1. The van der Waals surface area contributed by atoms with Crippen LogP contribution in [-0.2, 0) is 42.2 Å². The fraction of sp³-hybridized carbons (Fsp3) is 0.143. The molecule has 6 rings (SSSR count). The Labute approximate surface area is 244 Å². The first-order valence-corrected chi connectivity index (χ1v) is 15.6. The average Bonchev–Trinajstić information content (AvgIpc) is 3.58. The number of hydrogen-bond donors (Lipinski definition) is 2. The van der Waals surface area contributed by atoms with E-state index in [-0.39, 0.29) is 19.6 Å². The van der Waals surface area contributed by atoms with Gasteiger partial charge in [0.2, 0.25) is 19.7 Å². The number of ether oxygens (including phenoxy) is 2. The molecule has 0 bridgehead atoms. The minimum Gasteiger partial charge on any atom is -0.497 e. The van der Waals surface area contributed by atoms with E-state index in [4.69, 9.17) is 18.8 Å². The van der Waals surface area contributed by atoms with Crippen molar-refractivity contribution in [2.45, 2.75) is 32.8 Å². The Hall–Kier alpha value is -3.65. The molecule has 0 atom stereocenters. The van der Waals surface area contributed by atoms with Crippen molar-refractivity contribution in [2.24, 2.45) is 0 Å². The molecule has 0 amide bonds. The number of rotatable bonds is 6. The van der Waals surface area contributed by atoms with Crippen molar-refractivity contribution in [2.75, 3.05) is 14.2 Å². The van der Waals surface area contributed by atoms with Crippen molar-refractivity contribution in [3.05, 3.63) is 96.1 Å². The van der Waals surface area contributed by atoms with Crippen LogP contribution in [-0.4, -0.2) is 55.3 Å². The molecule has 0 aromatic heterocycles. The van der Waals surface area contributed by atoms with E-state index in [0.717, 1.165) is 11.1 Å². The fourth-order valence-corrected chi connectivity index (χ4v) is 7.09. The molecule has 4 aromatic rings. The summed E-state index contributed by atoms with van der Waals surface area (Å²) in [5.74, 6) is 1.18. The predicted molar refractivity (Wildman–Crippen MR) is 155 cm³/mol. The van der Waals surface area contributed by atoms with E-state index in [1.807, 2.05) is 0 Å². The quantitative estimate of drug-likeness (QED) is 0.309. The summed E-state index contributed by atoms with van der Waals surface area (Å²) in [5, 5.41) is 19.4. The van der Waals surface area contributed by atoms with Gasteiger partial charge in [0, 0.05) is 0 Å². The summed E-state index contributed by atoms with van der Waals surface area (Å²) in [7, 11) is -6.35. The van der Waals surface area contributed by atoms with Crippen LogP contribution in [0, 0.1) is 0 Å². The molecule has 0 fully saturated rings. The van der Waals surface area contributed by atoms with E-state index >= 15 is 0 Å². The molecule has 2 aliphatic rings. The Bertz CT molecular complexity index is 1680. The first-order valence-electron chi connectivity index (χ1n) is 12.7. The minimum absolute atomic E-state index is 0.135. The Morgan fingerprint density at radius 2 is 0.905 bits per heavy atom. The molecule has 4 aromatic carbocycles. The van der Waals surface area contributed by atoms with E-state index < -0.39 is 33.9 Å². The van der Waals surface area contributed by atoms with Gasteiger partial charge in [-0.2, -0.15) is 0 Å². The zero-order chi connectivity index (χ0) is 30.1. The van der Waals surface area contributed by atoms with Crippen LogP contribution in [0.2, 0.25) is 0 Å². The molecule has 2 heterocycles. The Morgan fingerprint density at radius 3 is 1.24 bits per heavy atom. The van der Waals surface area contributed by atoms with E-state index in [0.29, 0.717) is 35.6 Å². The SMILES string of the molecule is COc1ccc(S(=O)(=O)c2ccc3c(c2)B(O)OC3)cc1.COc1ccc(S(=O)(=O)c2ccc3c(c2)B(O)OC3)cc1. The van der Waals surface area contributed by atoms with Gasteiger partial charge >= 0.3 is 14.2 Å². The molecule has 216 valence electrons. The summed E-state index contributed by atoms with van der Waals surface area (Å²) >= 11 is 0. The lowest BCUT2D eigenvalue weighted by atomic mass is 9.80. The third kappa shape index (κ3) is 5.82. The lowest BCUT2D eigenvalue weighted by Crippen LogP contribution is -2.28. The minimum atomic E-state index is -3.63. The fourth-order valence-electron chi connectivity index (χ4n) is 4.50. The Balaban J connectivity index is 0.000000168. The van der Waals surface area contributed by atoms with Crippen LogP contribution in [0.4, 0.5) is 0 Å². The van der Waals surface area contributed by atoms with Crippen molar-refractivity contribution < 1.29 is 45.7 Å². The third-order valence-corrected chi connectivity index (χ3v) is 10.5. The summed E-state index contributed by atoms with van der Waals surface area (Å²) < 4.78 is 70.5. The maximum absolute atomic E-state index is 12.6. The maximum atomic E-state index is 12.6. The molecule has 0 radical (unpaired) electrons. The molecule has 0 unspecified atom stereocenters. The summed E-state index contributed by atoms with van der Waals surface area (Å²) in [6, 6.07) is 21.7. The first-order chi connectivity index (χ1) is 20.0. The summed E-state index contributed by atoms with van der Waals surface area (Å²) in [6.07, 6.45) is 0. The number of hydrogen-bond acceptors (Lipinski definition) is 10. The van der Waals surface area contributed by atoms with Gasteiger partial charge in [-0.15, -0.1) is 0 Å². The molecule has 0 aliphatic carbocycles. The van der Waals surface area contributed by atoms with Crippen LogP contribution in [0.15, 0.2) is 105 Å². The topological polar surface area (TPSA) is 146 Å². The summed E-state index contributed by atoms with van der Waals surface area (Å²) in [4.78, 5) is 0.625. The smallest absolute Gasteiger partial charge is 0.491 e. The molecular formula is C28H26B2O10S2. The van der Waals surface area contributed by atoms with Crippen LogP contribution in [0.5, 0.6) is 11.5 Å². The standard InChI is InChI=1S/2C14H13BO5S/c2*1-19-11-3-6-12(7-4-11)21(17,18)13-5-2-10-9-20-15(16)14(10)8-13/h2*2-8,16H,9H2,1H3. The van der Waals surface area contributed by atoms with Gasteiger partial charge in [-0.25, -0.2) is 16.8 Å². The van der Waals surface area contributed by atoms with Crippen molar-refractivity contribution >= 4 is 44.8 Å². The molecule has 10 nitrogen and oxygen atoms in total. The summed E-state index contributed by atoms with van der Waals surface area (Å²) in [5.41, 5.74) is 2.61. The van der Waals surface area contributed by atoms with Crippen LogP contribution in [0.25, 0.3) is 0 Å². The van der Waals surface area contributed by atoms with Gasteiger partial charge in [0.1, 0.15) is 11.5 Å². The highest BCUT2D eigenvalue weighted by Gasteiger charge is 2.31. The van der Waals surface area contributed by atoms with Crippen molar-refractivity contribution in [1.29, 1.82) is 0 Å². The van der Waals surface area contributed by atoms with Crippen LogP contribution >= 0.6 is 0 Å². The second-order valence-corrected chi connectivity index (χ2v) is 13.3. The van der Waals surface area contributed by atoms with Gasteiger partial charge in [0.05, 0.1) is 47.0 Å². The van der Waals surface area contributed by atoms with Crippen LogP contribution in [0.1, 0.15) is 11.1 Å². The molecule has 0 saturated carbocycles. The second kappa shape index (κ2) is 11.9. The lowest BCUT2D eigenvalue weighted by molar-refractivity contribution is 0.275. The Morgan fingerprint density at radius 1 is 0.571 bits per heavy atom. The van der Waals surface area contributed by atoms with Gasteiger partial charge < -0.3 is 28.8 Å². The van der Waals surface area contributed by atoms with Crippen molar-refractivity contribution in [3.63, 3.8) is 0 Å². The van der Waals surface area contributed by atoms with Gasteiger partial charge in [0.15, 0.2) is 0 Å². The first kappa shape index (κ1) is 29.8. The second-order valence-electron chi connectivity index (χ2n) is 9.41. The Kier molecular flexibility index (Phi) is 8.46. The van der Waals surface area contributed by atoms with Gasteiger partial charge in [-0.05, 0) is 94.8 Å². The highest BCUT2D eigenvalue weighted by atomic mass is 32.2. The average molecular weight is 608 g/mol. The molecule has 2 N–H and O–H groups in total. The zero-order valence-electron chi connectivity index (χ0n) is 22.6. The predicted octanol–water partition coefficient (Wildman–Crippen LogP) is 1.49. The largest absolute Gasteiger partial charge is 0.497 e. The number of sulfone groups is 2. The van der Waals surface area contributed by atoms with E-state index in [1.165, 1.54) is 62.8 Å². The molecular weight excluding hydrogens is 582 g/mol. The third-order valence-electron chi connectivity index (χ3n) is 6.92. The van der Waals surface area contributed by atoms with Crippen LogP contribution < -0.4 is 20.4 Å². The number of fused-ring (bicyclic) bond motifs is 2. The van der Waals surface area contributed by atoms with Crippen molar-refractivity contribution in [3.8, 4) is 11.5 Å². The van der Waals surface area contributed by atoms with E-state index in [2.05, 4.69) is 0 Å². The zero-order valence-corrected chi connectivity index (χ0v) is 24.3. The van der Waals surface area contributed by atoms with Crippen LogP contribution in [0.3, 0.4) is 0 Å². The molecule has 2 aliphatic heterocycles. The van der Waals surface area contributed by atoms with Gasteiger partial charge in [-0.3, -0.25) is 0 Å². The highest BCUT2D eigenvalue weighted by molar-refractivity contribution is 7.91. The highest BCUT2D eigenvalue weighted by Crippen LogP contribution is 2.25. The van der Waals surface area contributed by atoms with E-state index in [9.17, 15) is 26.9 Å². The number of benzene rings is 4. The molecule has 14 heteroatoms.